The fourth-order valence-corrected chi connectivity index (χ4v) is 1.94. The molecule has 78 valence electrons. The lowest BCUT2D eigenvalue weighted by Gasteiger charge is -2.06. The van der Waals surface area contributed by atoms with E-state index in [-0.39, 0.29) is 0 Å². The van der Waals surface area contributed by atoms with Gasteiger partial charge in [-0.25, -0.2) is 9.97 Å². The zero-order chi connectivity index (χ0) is 10.7. The van der Waals surface area contributed by atoms with E-state index < -0.39 is 0 Å². The molecule has 2 rings (SSSR count). The topological polar surface area (TPSA) is 63.8 Å². The lowest BCUT2D eigenvalue weighted by Crippen LogP contribution is -2.03. The number of aryl methyl sites for hydroxylation is 1. The molecule has 0 amide bonds. The molecule has 15 heavy (non-hydrogen) atoms. The number of nitrogens with one attached hydrogen (secondary N) is 1. The largest absolute Gasteiger partial charge is 0.396 e. The first-order chi connectivity index (χ1) is 7.27. The van der Waals surface area contributed by atoms with Crippen LogP contribution in [0.15, 0.2) is 23.8 Å². The second-order valence-corrected chi connectivity index (χ2v) is 4.10. The number of pyridine rings is 1. The minimum atomic E-state index is 0.666. The van der Waals surface area contributed by atoms with Crippen LogP contribution in [-0.2, 0) is 6.54 Å². The molecule has 0 spiro atoms. The fourth-order valence-electron chi connectivity index (χ4n) is 1.23. The minimum Gasteiger partial charge on any atom is -0.396 e. The molecule has 0 unspecified atom stereocenters. The molecule has 0 atom stereocenters. The van der Waals surface area contributed by atoms with Crippen molar-refractivity contribution in [2.24, 2.45) is 0 Å². The average molecular weight is 220 g/mol. The molecule has 0 aliphatic rings. The summed E-state index contributed by atoms with van der Waals surface area (Å²) >= 11 is 1.63. The number of hydrogen-bond donors (Lipinski definition) is 2. The average Bonchev–Trinajstić information content (AvgIpc) is 2.63. The highest BCUT2D eigenvalue weighted by Gasteiger charge is 2.02. The Morgan fingerprint density at radius 1 is 1.47 bits per heavy atom. The molecule has 0 bridgehead atoms. The molecular weight excluding hydrogens is 208 g/mol. The first-order valence-corrected chi connectivity index (χ1v) is 5.48. The summed E-state index contributed by atoms with van der Waals surface area (Å²) in [6.45, 7) is 2.72. The molecule has 4 nitrogen and oxygen atoms in total. The molecule has 0 radical (unpaired) electrons. The van der Waals surface area contributed by atoms with Crippen LogP contribution in [0.2, 0.25) is 0 Å². The van der Waals surface area contributed by atoms with E-state index in [0.29, 0.717) is 5.69 Å². The van der Waals surface area contributed by atoms with Crippen LogP contribution in [0.5, 0.6) is 0 Å². The van der Waals surface area contributed by atoms with Crippen LogP contribution >= 0.6 is 11.3 Å². The quantitative estimate of drug-likeness (QED) is 0.830. The molecule has 2 aromatic heterocycles. The number of hydrogen-bond acceptors (Lipinski definition) is 5. The predicted molar refractivity (Wildman–Crippen MR) is 62.8 cm³/mol. The number of nitrogen functional groups attached to an aromatic ring is 1. The lowest BCUT2D eigenvalue weighted by molar-refractivity contribution is 1.10. The maximum absolute atomic E-state index is 5.76. The Morgan fingerprint density at radius 2 is 2.33 bits per heavy atom. The van der Waals surface area contributed by atoms with Gasteiger partial charge < -0.3 is 11.1 Å². The van der Waals surface area contributed by atoms with Crippen LogP contribution in [-0.4, -0.2) is 9.97 Å². The molecule has 0 saturated carbocycles. The van der Waals surface area contributed by atoms with E-state index in [9.17, 15) is 0 Å². The van der Waals surface area contributed by atoms with E-state index in [4.69, 9.17) is 5.73 Å². The third-order valence-electron chi connectivity index (χ3n) is 2.10. The summed E-state index contributed by atoms with van der Waals surface area (Å²) in [5.41, 5.74) is 9.33. The number of anilines is 2. The zero-order valence-corrected chi connectivity index (χ0v) is 9.21. The van der Waals surface area contributed by atoms with Crippen LogP contribution in [0, 0.1) is 6.92 Å². The number of aromatic nitrogens is 2. The lowest BCUT2D eigenvalue weighted by atomic mass is 10.3. The Balaban J connectivity index is 2.06. The Hall–Kier alpha value is -1.62. The molecule has 0 saturated heterocycles. The van der Waals surface area contributed by atoms with E-state index in [2.05, 4.69) is 15.3 Å². The van der Waals surface area contributed by atoms with Gasteiger partial charge in [-0.15, -0.1) is 11.3 Å². The highest BCUT2D eigenvalue weighted by molar-refractivity contribution is 7.09. The van der Waals surface area contributed by atoms with Gasteiger partial charge in [0.2, 0.25) is 0 Å². The molecular formula is C10H12N4S. The van der Waals surface area contributed by atoms with E-state index in [1.165, 1.54) is 4.88 Å². The van der Waals surface area contributed by atoms with Crippen molar-refractivity contribution >= 4 is 22.8 Å². The van der Waals surface area contributed by atoms with Crippen molar-refractivity contribution in [3.63, 3.8) is 0 Å². The summed E-state index contributed by atoms with van der Waals surface area (Å²) in [6.07, 6.45) is 1.72. The molecule has 2 aromatic rings. The summed E-state index contributed by atoms with van der Waals surface area (Å²) in [5.74, 6) is 0.727. The summed E-state index contributed by atoms with van der Waals surface area (Å²) in [4.78, 5) is 9.54. The van der Waals surface area contributed by atoms with Crippen molar-refractivity contribution in [3.05, 3.63) is 34.4 Å². The SMILES string of the molecule is Cc1ncsc1CNc1ncccc1N. The highest BCUT2D eigenvalue weighted by atomic mass is 32.1. The number of thiazole rings is 1. The Bertz CT molecular complexity index is 452. The molecule has 0 aliphatic carbocycles. The third kappa shape index (κ3) is 2.24. The van der Waals surface area contributed by atoms with Gasteiger partial charge in [0, 0.05) is 11.1 Å². The van der Waals surface area contributed by atoms with Crippen LogP contribution in [0.3, 0.4) is 0 Å². The van der Waals surface area contributed by atoms with Crippen molar-refractivity contribution in [1.29, 1.82) is 0 Å². The van der Waals surface area contributed by atoms with Crippen molar-refractivity contribution in [2.75, 3.05) is 11.1 Å². The third-order valence-corrected chi connectivity index (χ3v) is 3.04. The summed E-state index contributed by atoms with van der Waals surface area (Å²) in [6, 6.07) is 3.65. The van der Waals surface area contributed by atoms with Gasteiger partial charge in [-0.1, -0.05) is 0 Å². The minimum absolute atomic E-state index is 0.666. The first kappa shape index (κ1) is 9.92. The monoisotopic (exact) mass is 220 g/mol. The number of nitrogens with two attached hydrogens (primary N) is 1. The van der Waals surface area contributed by atoms with Gasteiger partial charge >= 0.3 is 0 Å². The van der Waals surface area contributed by atoms with Gasteiger partial charge in [0.15, 0.2) is 0 Å². The van der Waals surface area contributed by atoms with E-state index in [0.717, 1.165) is 18.1 Å². The van der Waals surface area contributed by atoms with Crippen molar-refractivity contribution in [1.82, 2.24) is 9.97 Å². The van der Waals surface area contributed by atoms with Gasteiger partial charge in [-0.05, 0) is 19.1 Å². The van der Waals surface area contributed by atoms with Crippen molar-refractivity contribution < 1.29 is 0 Å². The smallest absolute Gasteiger partial charge is 0.149 e. The Morgan fingerprint density at radius 3 is 3.00 bits per heavy atom. The van der Waals surface area contributed by atoms with E-state index >= 15 is 0 Å². The van der Waals surface area contributed by atoms with Crippen LogP contribution < -0.4 is 11.1 Å². The highest BCUT2D eigenvalue weighted by Crippen LogP contribution is 2.17. The zero-order valence-electron chi connectivity index (χ0n) is 8.40. The van der Waals surface area contributed by atoms with Crippen molar-refractivity contribution in [2.45, 2.75) is 13.5 Å². The molecule has 2 heterocycles. The van der Waals surface area contributed by atoms with Gasteiger partial charge in [0.05, 0.1) is 23.4 Å². The molecule has 5 heteroatoms. The van der Waals surface area contributed by atoms with Crippen LogP contribution in [0.4, 0.5) is 11.5 Å². The second kappa shape index (κ2) is 4.27. The van der Waals surface area contributed by atoms with Crippen LogP contribution in [0.25, 0.3) is 0 Å². The summed E-state index contributed by atoms with van der Waals surface area (Å²) in [7, 11) is 0. The standard InChI is InChI=1S/C10H12N4S/c1-7-9(15-6-14-7)5-13-10-8(11)3-2-4-12-10/h2-4,6H,5,11H2,1H3,(H,12,13). The van der Waals surface area contributed by atoms with Gasteiger partial charge in [-0.3, -0.25) is 0 Å². The maximum atomic E-state index is 5.76. The second-order valence-electron chi connectivity index (χ2n) is 3.16. The fraction of sp³-hybridized carbons (Fsp3) is 0.200. The molecule has 3 N–H and O–H groups in total. The van der Waals surface area contributed by atoms with Gasteiger partial charge in [0.1, 0.15) is 5.82 Å². The predicted octanol–water partition coefficient (Wildman–Crippen LogP) is 2.04. The number of nitrogens with zero attached hydrogens (tertiary/aromatic N) is 2. The summed E-state index contributed by atoms with van der Waals surface area (Å²) in [5, 5.41) is 3.19. The Kier molecular flexibility index (Phi) is 2.82. The van der Waals surface area contributed by atoms with Gasteiger partial charge in [0.25, 0.3) is 0 Å². The first-order valence-electron chi connectivity index (χ1n) is 4.60. The maximum Gasteiger partial charge on any atom is 0.149 e. The normalized spacial score (nSPS) is 10.2. The summed E-state index contributed by atoms with van der Waals surface area (Å²) < 4.78 is 0. The van der Waals surface area contributed by atoms with E-state index in [1.54, 1.807) is 17.5 Å². The number of rotatable bonds is 3. The van der Waals surface area contributed by atoms with Crippen LogP contribution in [0.1, 0.15) is 10.6 Å². The Labute approximate surface area is 92.2 Å². The van der Waals surface area contributed by atoms with E-state index in [1.807, 2.05) is 24.6 Å². The molecule has 0 fully saturated rings. The van der Waals surface area contributed by atoms with Crippen molar-refractivity contribution in [3.8, 4) is 0 Å². The molecule has 0 aromatic carbocycles. The van der Waals surface area contributed by atoms with Gasteiger partial charge in [-0.2, -0.15) is 0 Å². The molecule has 0 aliphatic heterocycles.